The number of pyridine rings is 1. The second-order valence-corrected chi connectivity index (χ2v) is 7.87. The van der Waals surface area contributed by atoms with E-state index in [1.165, 1.54) is 5.56 Å². The van der Waals surface area contributed by atoms with Crippen molar-refractivity contribution >= 4 is 29.3 Å². The highest BCUT2D eigenvalue weighted by atomic mass is 32.2. The van der Waals surface area contributed by atoms with Crippen LogP contribution in [0.3, 0.4) is 0 Å². The van der Waals surface area contributed by atoms with Gasteiger partial charge in [0.25, 0.3) is 5.91 Å². The number of aromatic nitrogens is 1. The smallest absolute Gasteiger partial charge is 0.255 e. The van der Waals surface area contributed by atoms with Crippen molar-refractivity contribution < 1.29 is 9.59 Å². The molecule has 146 valence electrons. The highest BCUT2D eigenvalue weighted by molar-refractivity contribution is 8.00. The zero-order chi connectivity index (χ0) is 20.1. The number of rotatable bonds is 6. The summed E-state index contributed by atoms with van der Waals surface area (Å²) in [7, 11) is 0. The van der Waals surface area contributed by atoms with Gasteiger partial charge in [0.1, 0.15) is 5.37 Å². The fourth-order valence-corrected chi connectivity index (χ4v) is 4.52. The fourth-order valence-electron chi connectivity index (χ4n) is 3.31. The summed E-state index contributed by atoms with van der Waals surface area (Å²) in [6.45, 7) is 0.684. The van der Waals surface area contributed by atoms with Gasteiger partial charge in [-0.2, -0.15) is 0 Å². The van der Waals surface area contributed by atoms with Gasteiger partial charge in [-0.25, -0.2) is 0 Å². The maximum Gasteiger partial charge on any atom is 0.255 e. The number of carbonyl (C=O) groups excluding carboxylic acids is 2. The maximum absolute atomic E-state index is 12.4. The molecule has 0 unspecified atom stereocenters. The Morgan fingerprint density at radius 1 is 1.07 bits per heavy atom. The van der Waals surface area contributed by atoms with Crippen LogP contribution >= 0.6 is 11.8 Å². The summed E-state index contributed by atoms with van der Waals surface area (Å²) in [4.78, 5) is 30.7. The second-order valence-electron chi connectivity index (χ2n) is 6.80. The van der Waals surface area contributed by atoms with Crippen molar-refractivity contribution in [2.75, 3.05) is 17.6 Å². The number of nitrogens with zero attached hydrogens (tertiary/aromatic N) is 2. The number of benzene rings is 2. The number of carbonyl (C=O) groups is 2. The maximum atomic E-state index is 12.4. The van der Waals surface area contributed by atoms with Gasteiger partial charge in [0.2, 0.25) is 5.91 Å². The lowest BCUT2D eigenvalue weighted by molar-refractivity contribution is -0.128. The van der Waals surface area contributed by atoms with Gasteiger partial charge in [-0.15, -0.1) is 11.8 Å². The largest absolute Gasteiger partial charge is 0.326 e. The van der Waals surface area contributed by atoms with Gasteiger partial charge in [-0.3, -0.25) is 14.6 Å². The number of hydrogen-bond acceptors (Lipinski definition) is 4. The van der Waals surface area contributed by atoms with Gasteiger partial charge >= 0.3 is 0 Å². The summed E-state index contributed by atoms with van der Waals surface area (Å²) in [5.74, 6) is 0.470. The van der Waals surface area contributed by atoms with Gasteiger partial charge < -0.3 is 10.2 Å². The van der Waals surface area contributed by atoms with Crippen molar-refractivity contribution in [2.45, 2.75) is 11.8 Å². The van der Waals surface area contributed by atoms with E-state index in [4.69, 9.17) is 0 Å². The predicted molar refractivity (Wildman–Crippen MR) is 116 cm³/mol. The number of nitrogens with one attached hydrogen (secondary N) is 1. The average molecular weight is 404 g/mol. The third kappa shape index (κ3) is 4.66. The molecule has 1 aromatic heterocycles. The minimum Gasteiger partial charge on any atom is -0.326 e. The highest BCUT2D eigenvalue weighted by Crippen LogP contribution is 2.38. The third-order valence-electron chi connectivity index (χ3n) is 4.83. The first-order valence-electron chi connectivity index (χ1n) is 9.47. The van der Waals surface area contributed by atoms with Crippen molar-refractivity contribution in [1.82, 2.24) is 9.88 Å². The summed E-state index contributed by atoms with van der Waals surface area (Å²) in [5, 5.41) is 2.82. The van der Waals surface area contributed by atoms with E-state index in [-0.39, 0.29) is 17.2 Å². The normalized spacial score (nSPS) is 16.1. The van der Waals surface area contributed by atoms with Crippen LogP contribution in [-0.4, -0.2) is 34.0 Å². The van der Waals surface area contributed by atoms with Crippen LogP contribution in [0, 0.1) is 0 Å². The van der Waals surface area contributed by atoms with E-state index in [0.717, 1.165) is 12.0 Å². The summed E-state index contributed by atoms with van der Waals surface area (Å²) >= 11 is 1.63. The Bertz CT molecular complexity index is 978. The molecule has 1 N–H and O–H groups in total. The molecule has 5 nitrogen and oxygen atoms in total. The van der Waals surface area contributed by atoms with E-state index in [9.17, 15) is 9.59 Å². The Morgan fingerprint density at radius 2 is 1.86 bits per heavy atom. The lowest BCUT2D eigenvalue weighted by Crippen LogP contribution is -2.30. The molecule has 2 amide bonds. The monoisotopic (exact) mass is 403 g/mol. The Labute approximate surface area is 174 Å². The van der Waals surface area contributed by atoms with E-state index < -0.39 is 0 Å². The first-order valence-corrected chi connectivity index (χ1v) is 10.5. The third-order valence-corrected chi connectivity index (χ3v) is 6.09. The van der Waals surface area contributed by atoms with E-state index >= 15 is 0 Å². The molecular weight excluding hydrogens is 382 g/mol. The number of amides is 2. The molecule has 2 aromatic carbocycles. The van der Waals surface area contributed by atoms with Crippen LogP contribution in [0.2, 0.25) is 0 Å². The quantitative estimate of drug-likeness (QED) is 0.672. The summed E-state index contributed by atoms with van der Waals surface area (Å²) in [6, 6.07) is 21.2. The SMILES string of the molecule is O=C(Nc1cccnc1)c1ccc([C@H]2SCC(=O)N2CCc2ccccc2)cc1. The van der Waals surface area contributed by atoms with E-state index in [1.54, 1.807) is 48.4 Å². The molecule has 1 aliphatic heterocycles. The number of anilines is 1. The van der Waals surface area contributed by atoms with Crippen LogP contribution < -0.4 is 5.32 Å². The minimum atomic E-state index is -0.180. The van der Waals surface area contributed by atoms with Crippen LogP contribution in [0.25, 0.3) is 0 Å². The van der Waals surface area contributed by atoms with Crippen molar-refractivity contribution in [2.24, 2.45) is 0 Å². The molecule has 0 radical (unpaired) electrons. The molecule has 2 heterocycles. The average Bonchev–Trinajstić information content (AvgIpc) is 3.14. The molecule has 1 atom stereocenters. The van der Waals surface area contributed by atoms with Crippen LogP contribution in [-0.2, 0) is 11.2 Å². The summed E-state index contributed by atoms with van der Waals surface area (Å²) in [6.07, 6.45) is 4.10. The molecule has 6 heteroatoms. The lowest BCUT2D eigenvalue weighted by atomic mass is 10.1. The second kappa shape index (κ2) is 8.92. The predicted octanol–water partition coefficient (Wildman–Crippen LogP) is 4.15. The molecule has 29 heavy (non-hydrogen) atoms. The van der Waals surface area contributed by atoms with Crippen LogP contribution in [0.4, 0.5) is 5.69 Å². The molecule has 0 aliphatic carbocycles. The van der Waals surface area contributed by atoms with Crippen molar-refractivity contribution in [3.63, 3.8) is 0 Å². The van der Waals surface area contributed by atoms with Crippen molar-refractivity contribution in [1.29, 1.82) is 0 Å². The summed E-state index contributed by atoms with van der Waals surface area (Å²) in [5.41, 5.74) is 3.48. The Balaban J connectivity index is 1.43. The van der Waals surface area contributed by atoms with Gasteiger partial charge in [-0.1, -0.05) is 42.5 Å². The molecule has 1 saturated heterocycles. The Morgan fingerprint density at radius 3 is 2.59 bits per heavy atom. The van der Waals surface area contributed by atoms with Gasteiger partial charge in [0, 0.05) is 18.3 Å². The first-order chi connectivity index (χ1) is 14.2. The molecule has 4 rings (SSSR count). The van der Waals surface area contributed by atoms with E-state index in [1.807, 2.05) is 35.2 Å². The molecule has 0 saturated carbocycles. The Hall–Kier alpha value is -3.12. The number of thioether (sulfide) groups is 1. The van der Waals surface area contributed by atoms with E-state index in [0.29, 0.717) is 23.5 Å². The topological polar surface area (TPSA) is 62.3 Å². The first kappa shape index (κ1) is 19.2. The molecular formula is C23H21N3O2S. The van der Waals surface area contributed by atoms with Gasteiger partial charge in [0.05, 0.1) is 17.6 Å². The molecule has 0 spiro atoms. The van der Waals surface area contributed by atoms with Crippen molar-refractivity contribution in [3.8, 4) is 0 Å². The zero-order valence-electron chi connectivity index (χ0n) is 15.8. The fraction of sp³-hybridized carbons (Fsp3) is 0.174. The standard InChI is InChI=1S/C23H21N3O2S/c27-21-16-29-23(26(21)14-12-17-5-2-1-3-6-17)19-10-8-18(9-11-19)22(28)25-20-7-4-13-24-15-20/h1-11,13,15,23H,12,14,16H2,(H,25,28)/t23-/m1/s1. The zero-order valence-corrected chi connectivity index (χ0v) is 16.6. The van der Waals surface area contributed by atoms with Gasteiger partial charge in [0.15, 0.2) is 0 Å². The van der Waals surface area contributed by atoms with Crippen molar-refractivity contribution in [3.05, 3.63) is 95.8 Å². The van der Waals surface area contributed by atoms with Gasteiger partial charge in [-0.05, 0) is 41.8 Å². The highest BCUT2D eigenvalue weighted by Gasteiger charge is 2.32. The molecule has 3 aromatic rings. The summed E-state index contributed by atoms with van der Waals surface area (Å²) < 4.78 is 0. The number of hydrogen-bond donors (Lipinski definition) is 1. The molecule has 0 bridgehead atoms. The molecule has 1 fully saturated rings. The van der Waals surface area contributed by atoms with Crippen LogP contribution in [0.15, 0.2) is 79.1 Å². The molecule has 1 aliphatic rings. The van der Waals surface area contributed by atoms with Crippen LogP contribution in [0.5, 0.6) is 0 Å². The minimum absolute atomic E-state index is 0.0124. The lowest BCUT2D eigenvalue weighted by Gasteiger charge is -2.24. The van der Waals surface area contributed by atoms with Crippen LogP contribution in [0.1, 0.15) is 26.9 Å². The van der Waals surface area contributed by atoms with E-state index in [2.05, 4.69) is 22.4 Å². The Kier molecular flexibility index (Phi) is 5.91.